The molecule has 0 aliphatic heterocycles. The van der Waals surface area contributed by atoms with E-state index in [1.165, 1.54) is 11.1 Å². The minimum atomic E-state index is 0.604. The highest BCUT2D eigenvalue weighted by atomic mass is 35.5. The number of nitrogens with zero attached hydrogens (tertiary/aromatic N) is 4. The number of hydrogen-bond donors (Lipinski definition) is 0. The summed E-state index contributed by atoms with van der Waals surface area (Å²) in [5.74, 6) is 0.766. The standard InChI is InChI=1S/C26H29ClN4O/c1-5-25(24-13-10-21(27)14-26(24)28-2)30-15-19-8-6-7-9-20(19)17-31(3)18-22-11-12-23(32-4)16-29-22/h6-14,16H,2,5,15,17-18H2,1,3-4H3. The summed E-state index contributed by atoms with van der Waals surface area (Å²) in [5.41, 5.74) is 6.19. The van der Waals surface area contributed by atoms with Gasteiger partial charge in [-0.15, -0.1) is 0 Å². The Balaban J connectivity index is 1.74. The van der Waals surface area contributed by atoms with Crippen LogP contribution in [-0.2, 0) is 19.6 Å². The van der Waals surface area contributed by atoms with Crippen LogP contribution in [0, 0.1) is 0 Å². The smallest absolute Gasteiger partial charge is 0.137 e. The van der Waals surface area contributed by atoms with Crippen molar-refractivity contribution in [2.24, 2.45) is 9.98 Å². The SMILES string of the molecule is C=Nc1cc(Cl)ccc1C(CC)=NCc1ccccc1CN(C)Cc1ccc(OC)cn1. The Morgan fingerprint density at radius 2 is 1.88 bits per heavy atom. The second kappa shape index (κ2) is 11.6. The number of aliphatic imine (C=N–C) groups is 2. The van der Waals surface area contributed by atoms with Crippen molar-refractivity contribution in [2.45, 2.75) is 33.0 Å². The fraction of sp³-hybridized carbons (Fsp3) is 0.269. The van der Waals surface area contributed by atoms with E-state index >= 15 is 0 Å². The zero-order valence-electron chi connectivity index (χ0n) is 18.9. The lowest BCUT2D eigenvalue weighted by atomic mass is 10.0. The number of methoxy groups -OCH3 is 1. The van der Waals surface area contributed by atoms with E-state index in [0.29, 0.717) is 11.6 Å². The van der Waals surface area contributed by atoms with E-state index in [2.05, 4.69) is 59.8 Å². The molecule has 0 aliphatic rings. The largest absolute Gasteiger partial charge is 0.495 e. The van der Waals surface area contributed by atoms with Crippen LogP contribution in [0.1, 0.15) is 35.7 Å². The lowest BCUT2D eigenvalue weighted by Gasteiger charge is -2.18. The van der Waals surface area contributed by atoms with Crippen LogP contribution >= 0.6 is 11.6 Å². The van der Waals surface area contributed by atoms with Crippen LogP contribution in [0.5, 0.6) is 5.75 Å². The Labute approximate surface area is 195 Å². The summed E-state index contributed by atoms with van der Waals surface area (Å²) in [5, 5.41) is 0.645. The molecule has 0 spiro atoms. The van der Waals surface area contributed by atoms with Gasteiger partial charge in [0.25, 0.3) is 0 Å². The van der Waals surface area contributed by atoms with Gasteiger partial charge in [0.2, 0.25) is 0 Å². The molecule has 2 aromatic carbocycles. The van der Waals surface area contributed by atoms with Gasteiger partial charge in [0.15, 0.2) is 0 Å². The van der Waals surface area contributed by atoms with Crippen LogP contribution in [0.15, 0.2) is 70.8 Å². The summed E-state index contributed by atoms with van der Waals surface area (Å²) >= 11 is 6.12. The maximum atomic E-state index is 6.12. The summed E-state index contributed by atoms with van der Waals surface area (Å²) in [6.45, 7) is 7.94. The summed E-state index contributed by atoms with van der Waals surface area (Å²) < 4.78 is 5.19. The van der Waals surface area contributed by atoms with E-state index in [9.17, 15) is 0 Å². The van der Waals surface area contributed by atoms with E-state index in [-0.39, 0.29) is 0 Å². The van der Waals surface area contributed by atoms with Crippen molar-refractivity contribution < 1.29 is 4.74 Å². The summed E-state index contributed by atoms with van der Waals surface area (Å²) in [4.78, 5) is 15.8. The lowest BCUT2D eigenvalue weighted by Crippen LogP contribution is -2.19. The molecule has 6 heteroatoms. The van der Waals surface area contributed by atoms with Gasteiger partial charge in [-0.3, -0.25) is 19.9 Å². The minimum Gasteiger partial charge on any atom is -0.495 e. The van der Waals surface area contributed by atoms with Gasteiger partial charge in [-0.2, -0.15) is 0 Å². The molecule has 0 N–H and O–H groups in total. The normalized spacial score (nSPS) is 11.6. The molecule has 0 amide bonds. The van der Waals surface area contributed by atoms with Crippen molar-refractivity contribution in [3.63, 3.8) is 0 Å². The van der Waals surface area contributed by atoms with E-state index in [4.69, 9.17) is 21.3 Å². The van der Waals surface area contributed by atoms with Gasteiger partial charge in [-0.05, 0) is 61.6 Å². The fourth-order valence-corrected chi connectivity index (χ4v) is 3.73. The van der Waals surface area contributed by atoms with Gasteiger partial charge in [-0.25, -0.2) is 0 Å². The van der Waals surface area contributed by atoms with Gasteiger partial charge >= 0.3 is 0 Å². The predicted octanol–water partition coefficient (Wildman–Crippen LogP) is 6.11. The second-order valence-electron chi connectivity index (χ2n) is 7.57. The predicted molar refractivity (Wildman–Crippen MR) is 134 cm³/mol. The average Bonchev–Trinajstić information content (AvgIpc) is 2.81. The Hall–Kier alpha value is -3.02. The fourth-order valence-electron chi connectivity index (χ4n) is 3.56. The lowest BCUT2D eigenvalue weighted by molar-refractivity contribution is 0.313. The molecule has 3 aromatic rings. The average molecular weight is 449 g/mol. The number of ether oxygens (including phenoxy) is 1. The van der Waals surface area contributed by atoms with Gasteiger partial charge < -0.3 is 4.74 Å². The highest BCUT2D eigenvalue weighted by molar-refractivity contribution is 6.31. The highest BCUT2D eigenvalue weighted by Crippen LogP contribution is 2.25. The van der Waals surface area contributed by atoms with Crippen molar-refractivity contribution in [3.05, 3.63) is 88.2 Å². The molecule has 0 aliphatic carbocycles. The van der Waals surface area contributed by atoms with E-state index < -0.39 is 0 Å². The molecule has 0 radical (unpaired) electrons. The topological polar surface area (TPSA) is 50.1 Å². The molecule has 0 unspecified atom stereocenters. The van der Waals surface area contributed by atoms with Crippen LogP contribution in [0.25, 0.3) is 0 Å². The quantitative estimate of drug-likeness (QED) is 0.352. The molecular formula is C26H29ClN4O. The number of rotatable bonds is 10. The van der Waals surface area contributed by atoms with Crippen molar-refractivity contribution in [2.75, 3.05) is 14.2 Å². The maximum absolute atomic E-state index is 6.12. The number of halogens is 1. The summed E-state index contributed by atoms with van der Waals surface area (Å²) in [6.07, 6.45) is 2.55. The van der Waals surface area contributed by atoms with Crippen LogP contribution in [0.3, 0.4) is 0 Å². The number of hydrogen-bond acceptors (Lipinski definition) is 5. The molecule has 0 saturated heterocycles. The van der Waals surface area contributed by atoms with Crippen LogP contribution in [0.2, 0.25) is 5.02 Å². The molecule has 32 heavy (non-hydrogen) atoms. The van der Waals surface area contributed by atoms with E-state index in [1.807, 2.05) is 30.3 Å². The van der Waals surface area contributed by atoms with Gasteiger partial charge in [0.1, 0.15) is 5.75 Å². The van der Waals surface area contributed by atoms with E-state index in [0.717, 1.165) is 47.9 Å². The first kappa shape index (κ1) is 23.6. The highest BCUT2D eigenvalue weighted by Gasteiger charge is 2.10. The van der Waals surface area contributed by atoms with Gasteiger partial charge in [0, 0.05) is 29.4 Å². The van der Waals surface area contributed by atoms with Crippen LogP contribution in [0.4, 0.5) is 5.69 Å². The van der Waals surface area contributed by atoms with E-state index in [1.54, 1.807) is 13.3 Å². The molecule has 0 fully saturated rings. The first-order valence-corrected chi connectivity index (χ1v) is 11.0. The Bertz CT molecular complexity index is 1080. The molecule has 3 rings (SSSR count). The third-order valence-electron chi connectivity index (χ3n) is 5.24. The van der Waals surface area contributed by atoms with Crippen LogP contribution < -0.4 is 4.74 Å². The Kier molecular flexibility index (Phi) is 8.54. The van der Waals surface area contributed by atoms with Crippen molar-refractivity contribution in [1.82, 2.24) is 9.88 Å². The van der Waals surface area contributed by atoms with Crippen molar-refractivity contribution in [1.29, 1.82) is 0 Å². The summed E-state index contributed by atoms with van der Waals surface area (Å²) in [7, 11) is 3.74. The van der Waals surface area contributed by atoms with Crippen molar-refractivity contribution >= 4 is 29.7 Å². The molecule has 5 nitrogen and oxygen atoms in total. The molecule has 0 saturated carbocycles. The number of pyridine rings is 1. The molecule has 166 valence electrons. The zero-order valence-corrected chi connectivity index (χ0v) is 19.6. The molecule has 0 bridgehead atoms. The third kappa shape index (κ3) is 6.25. The number of aromatic nitrogens is 1. The summed E-state index contributed by atoms with van der Waals surface area (Å²) in [6, 6.07) is 18.0. The minimum absolute atomic E-state index is 0.604. The monoisotopic (exact) mass is 448 g/mol. The number of benzene rings is 2. The molecule has 1 heterocycles. The van der Waals surface area contributed by atoms with Crippen LogP contribution in [-0.4, -0.2) is 36.5 Å². The second-order valence-corrected chi connectivity index (χ2v) is 8.00. The molecule has 0 atom stereocenters. The molecular weight excluding hydrogens is 420 g/mol. The first-order valence-electron chi connectivity index (χ1n) is 10.6. The van der Waals surface area contributed by atoms with Crippen molar-refractivity contribution in [3.8, 4) is 5.75 Å². The molecule has 1 aromatic heterocycles. The third-order valence-corrected chi connectivity index (χ3v) is 5.48. The maximum Gasteiger partial charge on any atom is 0.137 e. The Morgan fingerprint density at radius 3 is 2.53 bits per heavy atom. The first-order chi connectivity index (χ1) is 15.5. The van der Waals surface area contributed by atoms with Gasteiger partial charge in [0.05, 0.1) is 31.2 Å². The zero-order chi connectivity index (χ0) is 22.9. The Morgan fingerprint density at radius 1 is 1.09 bits per heavy atom. The van der Waals surface area contributed by atoms with Gasteiger partial charge in [-0.1, -0.05) is 42.8 Å².